The number of anilines is 1. The molecule has 0 aromatic heterocycles. The minimum absolute atomic E-state index is 0.177. The second-order valence-corrected chi connectivity index (χ2v) is 6.38. The van der Waals surface area contributed by atoms with Crippen molar-refractivity contribution in [2.45, 2.75) is 5.92 Å². The summed E-state index contributed by atoms with van der Waals surface area (Å²) in [5.41, 5.74) is 5.96. The van der Waals surface area contributed by atoms with E-state index in [-0.39, 0.29) is 5.69 Å². The molecule has 0 radical (unpaired) electrons. The first-order chi connectivity index (χ1) is 13.5. The molecule has 0 spiro atoms. The van der Waals surface area contributed by atoms with Crippen LogP contribution in [0.5, 0.6) is 11.5 Å². The second-order valence-electron chi connectivity index (χ2n) is 5.95. The van der Waals surface area contributed by atoms with Gasteiger partial charge in [-0.05, 0) is 54.1 Å². The molecule has 3 aromatic rings. The average molecular weight is 397 g/mol. The second kappa shape index (κ2) is 8.56. The lowest BCUT2D eigenvalue weighted by Crippen LogP contribution is -2.38. The molecule has 3 rings (SSSR count). The van der Waals surface area contributed by atoms with Gasteiger partial charge in [-0.25, -0.2) is 0 Å². The van der Waals surface area contributed by atoms with Crippen LogP contribution in [0.4, 0.5) is 5.69 Å². The summed E-state index contributed by atoms with van der Waals surface area (Å²) >= 11 is 5.84. The molecule has 2 amide bonds. The van der Waals surface area contributed by atoms with E-state index in [1.807, 2.05) is 0 Å². The van der Waals surface area contributed by atoms with Crippen LogP contribution in [-0.2, 0) is 9.59 Å². The van der Waals surface area contributed by atoms with Gasteiger partial charge in [0.05, 0.1) is 5.69 Å². The number of halogens is 1. The topological polar surface area (TPSA) is 92.9 Å². The van der Waals surface area contributed by atoms with E-state index in [2.05, 4.69) is 0 Å². The molecule has 0 bridgehead atoms. The maximum atomic E-state index is 12.6. The van der Waals surface area contributed by atoms with Gasteiger partial charge in [-0.1, -0.05) is 41.9 Å². The molecule has 0 heterocycles. The fourth-order valence-corrected chi connectivity index (χ4v) is 2.74. The van der Waals surface area contributed by atoms with Crippen LogP contribution >= 0.6 is 11.6 Å². The molecule has 28 heavy (non-hydrogen) atoms. The normalized spacial score (nSPS) is 11.5. The number of hydrogen-bond acceptors (Lipinski definition) is 4. The number of carbonyl (C=O) groups excluding carboxylic acids is 2. The van der Waals surface area contributed by atoms with Crippen LogP contribution in [0.2, 0.25) is 5.02 Å². The van der Waals surface area contributed by atoms with Gasteiger partial charge in [-0.15, -0.1) is 0 Å². The zero-order valence-electron chi connectivity index (χ0n) is 14.7. The van der Waals surface area contributed by atoms with Crippen LogP contribution in [0.15, 0.2) is 78.9 Å². The highest BCUT2D eigenvalue weighted by molar-refractivity contribution is 6.30. The maximum absolute atomic E-state index is 12.6. The number of benzene rings is 3. The molecular weight excluding hydrogens is 380 g/mol. The molecule has 7 heteroatoms. The zero-order valence-corrected chi connectivity index (χ0v) is 15.4. The van der Waals surface area contributed by atoms with E-state index in [4.69, 9.17) is 22.1 Å². The van der Waals surface area contributed by atoms with Gasteiger partial charge in [0, 0.05) is 5.02 Å². The lowest BCUT2D eigenvalue weighted by Gasteiger charge is -2.20. The zero-order chi connectivity index (χ0) is 20.1. The number of ether oxygens (including phenoxy) is 1. The molecule has 0 fully saturated rings. The minimum Gasteiger partial charge on any atom is -0.457 e. The lowest BCUT2D eigenvalue weighted by molar-refractivity contribution is -0.131. The van der Waals surface area contributed by atoms with E-state index in [0.717, 1.165) is 0 Å². The van der Waals surface area contributed by atoms with Crippen LogP contribution in [0.25, 0.3) is 0 Å². The first-order valence-electron chi connectivity index (χ1n) is 8.36. The van der Waals surface area contributed by atoms with Crippen molar-refractivity contribution in [3.05, 3.63) is 89.4 Å². The first kappa shape index (κ1) is 19.4. The molecule has 6 nitrogen and oxygen atoms in total. The SMILES string of the molecule is NC(=O)C(C(=O)N(O)c1ccc(Oc2ccc(Cl)cc2)cc1)c1ccccc1. The predicted octanol–water partition coefficient (Wildman–Crippen LogP) is 4.12. The largest absolute Gasteiger partial charge is 0.457 e. The summed E-state index contributed by atoms with van der Waals surface area (Å²) in [5.74, 6) is -1.90. The Morgan fingerprint density at radius 3 is 1.96 bits per heavy atom. The van der Waals surface area contributed by atoms with Gasteiger partial charge in [0.1, 0.15) is 17.4 Å². The van der Waals surface area contributed by atoms with Crippen molar-refractivity contribution in [2.24, 2.45) is 5.73 Å². The summed E-state index contributed by atoms with van der Waals surface area (Å²) in [6, 6.07) is 21.3. The Morgan fingerprint density at radius 1 is 0.893 bits per heavy atom. The van der Waals surface area contributed by atoms with E-state index in [9.17, 15) is 14.8 Å². The minimum atomic E-state index is -1.30. The Bertz CT molecular complexity index is 960. The monoisotopic (exact) mass is 396 g/mol. The highest BCUT2D eigenvalue weighted by Crippen LogP contribution is 2.27. The lowest BCUT2D eigenvalue weighted by atomic mass is 9.97. The molecule has 142 valence electrons. The van der Waals surface area contributed by atoms with Crippen molar-refractivity contribution in [1.82, 2.24) is 0 Å². The number of nitrogens with two attached hydrogens (primary N) is 1. The van der Waals surface area contributed by atoms with E-state index in [1.165, 1.54) is 12.1 Å². The standard InChI is InChI=1S/C21H17ClN2O4/c22-15-6-10-17(11-7-15)28-18-12-8-16(9-13-18)24(27)21(26)19(20(23)25)14-4-2-1-3-5-14/h1-13,19,27H,(H2,23,25). The van der Waals surface area contributed by atoms with Crippen LogP contribution in [-0.4, -0.2) is 17.0 Å². The van der Waals surface area contributed by atoms with Crippen molar-refractivity contribution in [1.29, 1.82) is 0 Å². The molecule has 0 aliphatic heterocycles. The molecule has 0 aliphatic rings. The van der Waals surface area contributed by atoms with Gasteiger partial charge >= 0.3 is 0 Å². The third-order valence-corrected chi connectivity index (χ3v) is 4.26. The average Bonchev–Trinajstić information content (AvgIpc) is 2.70. The summed E-state index contributed by atoms with van der Waals surface area (Å²) in [6.07, 6.45) is 0. The summed E-state index contributed by atoms with van der Waals surface area (Å²) in [7, 11) is 0. The van der Waals surface area contributed by atoms with E-state index in [1.54, 1.807) is 66.7 Å². The molecule has 1 unspecified atom stereocenters. The van der Waals surface area contributed by atoms with Gasteiger partial charge in [-0.3, -0.25) is 14.8 Å². The van der Waals surface area contributed by atoms with Crippen LogP contribution in [0.3, 0.4) is 0 Å². The number of rotatable bonds is 6. The molecule has 0 saturated carbocycles. The fraction of sp³-hybridized carbons (Fsp3) is 0.0476. The van der Waals surface area contributed by atoms with Crippen molar-refractivity contribution in [2.75, 3.05) is 5.06 Å². The summed E-state index contributed by atoms with van der Waals surface area (Å²) < 4.78 is 5.67. The number of primary amides is 1. The number of carbonyl (C=O) groups is 2. The quantitative estimate of drug-likeness (QED) is 0.372. The Kier molecular flexibility index (Phi) is 5.93. The van der Waals surface area contributed by atoms with Crippen molar-refractivity contribution in [3.63, 3.8) is 0 Å². The molecule has 3 aromatic carbocycles. The van der Waals surface area contributed by atoms with Gasteiger partial charge in [0.15, 0.2) is 0 Å². The van der Waals surface area contributed by atoms with Crippen LogP contribution in [0, 0.1) is 0 Å². The third kappa shape index (κ3) is 4.49. The summed E-state index contributed by atoms with van der Waals surface area (Å²) in [6.45, 7) is 0. The first-order valence-corrected chi connectivity index (χ1v) is 8.74. The number of nitrogens with zero attached hydrogens (tertiary/aromatic N) is 1. The number of amides is 2. The smallest absolute Gasteiger partial charge is 0.267 e. The number of hydroxylamine groups is 1. The fourth-order valence-electron chi connectivity index (χ4n) is 2.62. The predicted molar refractivity (Wildman–Crippen MR) is 106 cm³/mol. The highest BCUT2D eigenvalue weighted by atomic mass is 35.5. The summed E-state index contributed by atoms with van der Waals surface area (Å²) in [4.78, 5) is 24.4. The van der Waals surface area contributed by atoms with Crippen molar-refractivity contribution in [3.8, 4) is 11.5 Å². The van der Waals surface area contributed by atoms with E-state index >= 15 is 0 Å². The molecule has 1 atom stereocenters. The van der Waals surface area contributed by atoms with E-state index in [0.29, 0.717) is 27.1 Å². The Balaban J connectivity index is 1.76. The third-order valence-electron chi connectivity index (χ3n) is 4.00. The van der Waals surface area contributed by atoms with Crippen LogP contribution < -0.4 is 15.5 Å². The molecule has 3 N–H and O–H groups in total. The molecule has 0 saturated heterocycles. The molecule has 0 aliphatic carbocycles. The Hall–Kier alpha value is -3.35. The Morgan fingerprint density at radius 2 is 1.43 bits per heavy atom. The van der Waals surface area contributed by atoms with Gasteiger partial charge < -0.3 is 10.5 Å². The highest BCUT2D eigenvalue weighted by Gasteiger charge is 2.31. The van der Waals surface area contributed by atoms with Crippen LogP contribution in [0.1, 0.15) is 11.5 Å². The summed E-state index contributed by atoms with van der Waals surface area (Å²) in [5, 5.41) is 11.3. The van der Waals surface area contributed by atoms with Crippen molar-refractivity contribution < 1.29 is 19.5 Å². The van der Waals surface area contributed by atoms with Gasteiger partial charge in [0.2, 0.25) is 5.91 Å². The number of hydrogen-bond donors (Lipinski definition) is 2. The van der Waals surface area contributed by atoms with E-state index < -0.39 is 17.7 Å². The Labute approximate surface area is 166 Å². The maximum Gasteiger partial charge on any atom is 0.267 e. The van der Waals surface area contributed by atoms with Gasteiger partial charge in [-0.2, -0.15) is 5.06 Å². The molecular formula is C21H17ClN2O4. The van der Waals surface area contributed by atoms with Crippen molar-refractivity contribution >= 4 is 29.1 Å². The van der Waals surface area contributed by atoms with Gasteiger partial charge in [0.25, 0.3) is 5.91 Å².